The Labute approximate surface area is 93.4 Å². The number of nitrogens with zero attached hydrogens (tertiary/aromatic N) is 2. The van der Waals surface area contributed by atoms with Crippen LogP contribution in [0, 0.1) is 20.8 Å². The maximum Gasteiger partial charge on any atom is 0.254 e. The maximum absolute atomic E-state index is 11.6. The maximum atomic E-state index is 11.6. The molecule has 0 aromatic carbocycles. The zero-order valence-corrected chi connectivity index (χ0v) is 9.53. The molecule has 0 aliphatic rings. The molecular weight excluding hydrogens is 202 g/mol. The van der Waals surface area contributed by atoms with Crippen LogP contribution in [0.3, 0.4) is 0 Å². The van der Waals surface area contributed by atoms with Gasteiger partial charge in [-0.3, -0.25) is 9.78 Å². The summed E-state index contributed by atoms with van der Waals surface area (Å²) in [6, 6.07) is 1.97. The molecule has 0 atom stereocenters. The lowest BCUT2D eigenvalue weighted by atomic mass is 10.1. The highest BCUT2D eigenvalue weighted by atomic mass is 16.1. The summed E-state index contributed by atoms with van der Waals surface area (Å²) in [5.41, 5.74) is 3.17. The number of hydrogen-bond acceptors (Lipinski definition) is 3. The molecule has 0 fully saturated rings. The minimum absolute atomic E-state index is 0.0935. The molecular formula is C12H13N3O. The Hall–Kier alpha value is -1.97. The molecule has 0 aliphatic heterocycles. The van der Waals surface area contributed by atoms with Crippen LogP contribution >= 0.6 is 0 Å². The van der Waals surface area contributed by atoms with Crippen LogP contribution < -0.4 is 5.56 Å². The number of H-pyrrole nitrogens is 1. The van der Waals surface area contributed by atoms with Crippen LogP contribution in [0.15, 0.2) is 23.3 Å². The molecule has 0 aliphatic carbocycles. The molecule has 2 heterocycles. The number of hydrogen-bond donors (Lipinski definition) is 1. The van der Waals surface area contributed by atoms with Crippen LogP contribution in [-0.4, -0.2) is 15.0 Å². The molecule has 0 saturated heterocycles. The zero-order chi connectivity index (χ0) is 11.7. The van der Waals surface area contributed by atoms with Crippen molar-refractivity contribution in [2.24, 2.45) is 0 Å². The van der Waals surface area contributed by atoms with Gasteiger partial charge in [0.25, 0.3) is 5.56 Å². The Morgan fingerprint density at radius 3 is 2.62 bits per heavy atom. The number of aromatic amines is 1. The highest BCUT2D eigenvalue weighted by Crippen LogP contribution is 2.18. The van der Waals surface area contributed by atoms with Gasteiger partial charge in [0, 0.05) is 23.5 Å². The van der Waals surface area contributed by atoms with Gasteiger partial charge in [0.05, 0.1) is 5.69 Å². The van der Waals surface area contributed by atoms with Crippen molar-refractivity contribution in [3.63, 3.8) is 0 Å². The summed E-state index contributed by atoms with van der Waals surface area (Å²) in [4.78, 5) is 22.7. The molecule has 4 heteroatoms. The van der Waals surface area contributed by atoms with E-state index in [0.717, 1.165) is 11.1 Å². The lowest BCUT2D eigenvalue weighted by Gasteiger charge is -2.05. The standard InChI is InChI=1S/C12H13N3O/c1-7-4-10(6-13-5-7)11-8(2)12(16)15-9(3)14-11/h4-6H,1-3H3,(H,14,15,16). The van der Waals surface area contributed by atoms with Crippen LogP contribution in [0.25, 0.3) is 11.3 Å². The summed E-state index contributed by atoms with van der Waals surface area (Å²) >= 11 is 0. The molecule has 0 spiro atoms. The van der Waals surface area contributed by atoms with Crippen LogP contribution in [-0.2, 0) is 0 Å². The number of rotatable bonds is 1. The van der Waals surface area contributed by atoms with Crippen molar-refractivity contribution < 1.29 is 0 Å². The molecule has 82 valence electrons. The SMILES string of the molecule is Cc1cncc(-c2nc(C)[nH]c(=O)c2C)c1. The number of aromatic nitrogens is 3. The fourth-order valence-corrected chi connectivity index (χ4v) is 1.61. The smallest absolute Gasteiger partial charge is 0.254 e. The van der Waals surface area contributed by atoms with Gasteiger partial charge < -0.3 is 4.98 Å². The first-order valence-electron chi connectivity index (χ1n) is 5.07. The van der Waals surface area contributed by atoms with Crippen molar-refractivity contribution in [1.82, 2.24) is 15.0 Å². The summed E-state index contributed by atoms with van der Waals surface area (Å²) in [7, 11) is 0. The first-order chi connectivity index (χ1) is 7.58. The zero-order valence-electron chi connectivity index (χ0n) is 9.53. The Morgan fingerprint density at radius 2 is 1.94 bits per heavy atom. The molecule has 0 radical (unpaired) electrons. The minimum Gasteiger partial charge on any atom is -0.311 e. The Kier molecular flexibility index (Phi) is 2.56. The van der Waals surface area contributed by atoms with Crippen molar-refractivity contribution in [3.05, 3.63) is 45.8 Å². The number of aryl methyl sites for hydroxylation is 2. The monoisotopic (exact) mass is 215 g/mol. The summed E-state index contributed by atoms with van der Waals surface area (Å²) in [5.74, 6) is 0.618. The van der Waals surface area contributed by atoms with Gasteiger partial charge in [-0.2, -0.15) is 0 Å². The lowest BCUT2D eigenvalue weighted by Crippen LogP contribution is -2.14. The van der Waals surface area contributed by atoms with Gasteiger partial charge in [0.15, 0.2) is 0 Å². The molecule has 0 unspecified atom stereocenters. The van der Waals surface area contributed by atoms with E-state index >= 15 is 0 Å². The molecule has 4 nitrogen and oxygen atoms in total. The fourth-order valence-electron chi connectivity index (χ4n) is 1.61. The van der Waals surface area contributed by atoms with Gasteiger partial charge in [-0.15, -0.1) is 0 Å². The number of pyridine rings is 1. The van der Waals surface area contributed by atoms with Gasteiger partial charge in [-0.05, 0) is 32.4 Å². The van der Waals surface area contributed by atoms with E-state index in [1.54, 1.807) is 26.2 Å². The van der Waals surface area contributed by atoms with Crippen LogP contribution in [0.4, 0.5) is 0 Å². The van der Waals surface area contributed by atoms with E-state index in [2.05, 4.69) is 15.0 Å². The van der Waals surface area contributed by atoms with E-state index in [1.165, 1.54) is 0 Å². The summed E-state index contributed by atoms with van der Waals surface area (Å²) in [5, 5.41) is 0. The van der Waals surface area contributed by atoms with E-state index < -0.39 is 0 Å². The van der Waals surface area contributed by atoms with Crippen molar-refractivity contribution in [3.8, 4) is 11.3 Å². The third kappa shape index (κ3) is 1.86. The third-order valence-corrected chi connectivity index (χ3v) is 2.42. The van der Waals surface area contributed by atoms with Crippen molar-refractivity contribution in [1.29, 1.82) is 0 Å². The third-order valence-electron chi connectivity index (χ3n) is 2.42. The lowest BCUT2D eigenvalue weighted by molar-refractivity contribution is 0.997. The average molecular weight is 215 g/mol. The van der Waals surface area contributed by atoms with E-state index in [9.17, 15) is 4.79 Å². The molecule has 16 heavy (non-hydrogen) atoms. The molecule has 0 amide bonds. The Balaban J connectivity index is 2.69. The van der Waals surface area contributed by atoms with Crippen molar-refractivity contribution >= 4 is 0 Å². The largest absolute Gasteiger partial charge is 0.311 e. The van der Waals surface area contributed by atoms with Gasteiger partial charge in [-0.25, -0.2) is 4.98 Å². The van der Waals surface area contributed by atoms with Gasteiger partial charge >= 0.3 is 0 Å². The normalized spacial score (nSPS) is 10.4. The van der Waals surface area contributed by atoms with E-state index in [-0.39, 0.29) is 5.56 Å². The van der Waals surface area contributed by atoms with Gasteiger partial charge in [0.2, 0.25) is 0 Å². The number of nitrogens with one attached hydrogen (secondary N) is 1. The quantitative estimate of drug-likeness (QED) is 0.788. The minimum atomic E-state index is -0.0935. The fraction of sp³-hybridized carbons (Fsp3) is 0.250. The highest BCUT2D eigenvalue weighted by molar-refractivity contribution is 5.61. The summed E-state index contributed by atoms with van der Waals surface area (Å²) in [6.07, 6.45) is 3.50. The molecule has 2 aromatic rings. The van der Waals surface area contributed by atoms with Crippen molar-refractivity contribution in [2.45, 2.75) is 20.8 Å². The Morgan fingerprint density at radius 1 is 1.19 bits per heavy atom. The molecule has 1 N–H and O–H groups in total. The topological polar surface area (TPSA) is 58.6 Å². The highest BCUT2D eigenvalue weighted by Gasteiger charge is 2.08. The first-order valence-corrected chi connectivity index (χ1v) is 5.07. The Bertz CT molecular complexity index is 587. The second kappa shape index (κ2) is 3.89. The predicted molar refractivity (Wildman–Crippen MR) is 62.3 cm³/mol. The summed E-state index contributed by atoms with van der Waals surface area (Å²) in [6.45, 7) is 5.50. The van der Waals surface area contributed by atoms with E-state index in [0.29, 0.717) is 17.1 Å². The second-order valence-electron chi connectivity index (χ2n) is 3.88. The van der Waals surface area contributed by atoms with Crippen LogP contribution in [0.1, 0.15) is 17.0 Å². The van der Waals surface area contributed by atoms with E-state index in [4.69, 9.17) is 0 Å². The predicted octanol–water partition coefficient (Wildman–Crippen LogP) is 1.76. The van der Waals surface area contributed by atoms with Gasteiger partial charge in [-0.1, -0.05) is 0 Å². The van der Waals surface area contributed by atoms with Crippen molar-refractivity contribution in [2.75, 3.05) is 0 Å². The molecule has 2 aromatic heterocycles. The average Bonchev–Trinajstić information content (AvgIpc) is 2.23. The van der Waals surface area contributed by atoms with Crippen LogP contribution in [0.5, 0.6) is 0 Å². The second-order valence-corrected chi connectivity index (χ2v) is 3.88. The molecule has 0 saturated carbocycles. The van der Waals surface area contributed by atoms with Gasteiger partial charge in [0.1, 0.15) is 5.82 Å². The first kappa shape index (κ1) is 10.5. The van der Waals surface area contributed by atoms with E-state index in [1.807, 2.05) is 13.0 Å². The summed E-state index contributed by atoms with van der Waals surface area (Å²) < 4.78 is 0. The molecule has 0 bridgehead atoms. The van der Waals surface area contributed by atoms with Crippen LogP contribution in [0.2, 0.25) is 0 Å². The molecule has 2 rings (SSSR count).